The SMILES string of the molecule is CC1CCNCC1NS(=O)(=O)c1ccc(F)cc1. The van der Waals surface area contributed by atoms with E-state index in [-0.39, 0.29) is 10.9 Å². The van der Waals surface area contributed by atoms with Crippen molar-refractivity contribution in [2.75, 3.05) is 13.1 Å². The molecule has 0 aromatic heterocycles. The fourth-order valence-electron chi connectivity index (χ4n) is 2.03. The molecule has 1 aliphatic heterocycles. The van der Waals surface area contributed by atoms with Crippen LogP contribution in [0.1, 0.15) is 13.3 Å². The van der Waals surface area contributed by atoms with Crippen molar-refractivity contribution in [2.24, 2.45) is 5.92 Å². The zero-order valence-electron chi connectivity index (χ0n) is 10.2. The Morgan fingerprint density at radius 1 is 1.33 bits per heavy atom. The van der Waals surface area contributed by atoms with Crippen molar-refractivity contribution < 1.29 is 12.8 Å². The molecule has 2 unspecified atom stereocenters. The van der Waals surface area contributed by atoms with Gasteiger partial charge in [0.2, 0.25) is 10.0 Å². The van der Waals surface area contributed by atoms with Crippen molar-refractivity contribution in [3.8, 4) is 0 Å². The Balaban J connectivity index is 2.13. The van der Waals surface area contributed by atoms with E-state index in [1.807, 2.05) is 6.92 Å². The van der Waals surface area contributed by atoms with Crippen molar-refractivity contribution in [3.63, 3.8) is 0 Å². The lowest BCUT2D eigenvalue weighted by Gasteiger charge is -2.29. The van der Waals surface area contributed by atoms with Crippen LogP contribution in [0.3, 0.4) is 0 Å². The highest BCUT2D eigenvalue weighted by Crippen LogP contribution is 2.16. The maximum atomic E-state index is 12.8. The highest BCUT2D eigenvalue weighted by atomic mass is 32.2. The number of hydrogen-bond donors (Lipinski definition) is 2. The molecule has 1 heterocycles. The molecule has 2 atom stereocenters. The Morgan fingerprint density at radius 2 is 2.00 bits per heavy atom. The summed E-state index contributed by atoms with van der Waals surface area (Å²) in [6.45, 7) is 3.57. The van der Waals surface area contributed by atoms with Crippen LogP contribution in [-0.4, -0.2) is 27.5 Å². The molecule has 1 aromatic carbocycles. The van der Waals surface area contributed by atoms with Crippen LogP contribution in [-0.2, 0) is 10.0 Å². The first-order chi connectivity index (χ1) is 8.49. The van der Waals surface area contributed by atoms with E-state index in [0.717, 1.165) is 25.1 Å². The number of hydrogen-bond acceptors (Lipinski definition) is 3. The molecule has 0 amide bonds. The van der Waals surface area contributed by atoms with Gasteiger partial charge in [-0.25, -0.2) is 17.5 Å². The van der Waals surface area contributed by atoms with Gasteiger partial charge < -0.3 is 5.32 Å². The van der Waals surface area contributed by atoms with Crippen LogP contribution in [0, 0.1) is 11.7 Å². The quantitative estimate of drug-likeness (QED) is 0.866. The van der Waals surface area contributed by atoms with Crippen molar-refractivity contribution in [1.29, 1.82) is 0 Å². The van der Waals surface area contributed by atoms with E-state index in [2.05, 4.69) is 10.0 Å². The molecular formula is C12H17FN2O2S. The minimum absolute atomic E-state index is 0.0988. The van der Waals surface area contributed by atoms with E-state index < -0.39 is 15.8 Å². The van der Waals surface area contributed by atoms with Crippen LogP contribution in [0.5, 0.6) is 0 Å². The van der Waals surface area contributed by atoms with Gasteiger partial charge in [0, 0.05) is 12.6 Å². The molecule has 0 bridgehead atoms. The molecule has 2 rings (SSSR count). The van der Waals surface area contributed by atoms with Gasteiger partial charge >= 0.3 is 0 Å². The van der Waals surface area contributed by atoms with Crippen LogP contribution in [0.4, 0.5) is 4.39 Å². The monoisotopic (exact) mass is 272 g/mol. The average molecular weight is 272 g/mol. The normalized spacial score (nSPS) is 25.0. The van der Waals surface area contributed by atoms with Crippen molar-refractivity contribution in [2.45, 2.75) is 24.3 Å². The first kappa shape index (κ1) is 13.5. The molecule has 1 aromatic rings. The summed E-state index contributed by atoms with van der Waals surface area (Å²) in [6, 6.07) is 4.74. The van der Waals surface area contributed by atoms with E-state index in [0.29, 0.717) is 12.5 Å². The van der Waals surface area contributed by atoms with Crippen LogP contribution >= 0.6 is 0 Å². The molecule has 0 spiro atoms. The molecule has 1 fully saturated rings. The summed E-state index contributed by atoms with van der Waals surface area (Å²) in [5.41, 5.74) is 0. The summed E-state index contributed by atoms with van der Waals surface area (Å²) in [6.07, 6.45) is 0.941. The predicted molar refractivity (Wildman–Crippen MR) is 67.2 cm³/mol. The van der Waals surface area contributed by atoms with Crippen molar-refractivity contribution >= 4 is 10.0 Å². The second-order valence-electron chi connectivity index (χ2n) is 4.65. The van der Waals surface area contributed by atoms with Crippen LogP contribution in [0.15, 0.2) is 29.2 Å². The number of halogens is 1. The van der Waals surface area contributed by atoms with E-state index in [1.165, 1.54) is 12.1 Å². The molecule has 0 aliphatic carbocycles. The Hall–Kier alpha value is -0.980. The molecule has 100 valence electrons. The van der Waals surface area contributed by atoms with Crippen LogP contribution < -0.4 is 10.0 Å². The Bertz CT molecular complexity index is 501. The Morgan fingerprint density at radius 3 is 2.61 bits per heavy atom. The second-order valence-corrected chi connectivity index (χ2v) is 6.37. The summed E-state index contributed by atoms with van der Waals surface area (Å²) in [7, 11) is -3.57. The number of benzene rings is 1. The molecule has 1 saturated heterocycles. The lowest BCUT2D eigenvalue weighted by atomic mass is 9.96. The number of rotatable bonds is 3. The van der Waals surface area contributed by atoms with E-state index in [4.69, 9.17) is 0 Å². The Kier molecular flexibility index (Phi) is 3.99. The largest absolute Gasteiger partial charge is 0.315 e. The lowest BCUT2D eigenvalue weighted by Crippen LogP contribution is -2.50. The maximum Gasteiger partial charge on any atom is 0.240 e. The lowest BCUT2D eigenvalue weighted by molar-refractivity contribution is 0.327. The summed E-state index contributed by atoms with van der Waals surface area (Å²) in [5, 5.41) is 3.16. The van der Waals surface area contributed by atoms with Gasteiger partial charge in [0.25, 0.3) is 0 Å². The van der Waals surface area contributed by atoms with Gasteiger partial charge in [-0.05, 0) is 43.1 Å². The summed E-state index contributed by atoms with van der Waals surface area (Å²) in [5.74, 6) is -0.150. The molecule has 6 heteroatoms. The zero-order valence-corrected chi connectivity index (χ0v) is 11.0. The highest BCUT2D eigenvalue weighted by Gasteiger charge is 2.26. The minimum Gasteiger partial charge on any atom is -0.315 e. The fourth-order valence-corrected chi connectivity index (χ4v) is 3.37. The predicted octanol–water partition coefficient (Wildman–Crippen LogP) is 1.10. The molecule has 4 nitrogen and oxygen atoms in total. The van der Waals surface area contributed by atoms with Crippen LogP contribution in [0.25, 0.3) is 0 Å². The molecule has 1 aliphatic rings. The van der Waals surface area contributed by atoms with Gasteiger partial charge in [0.1, 0.15) is 5.82 Å². The highest BCUT2D eigenvalue weighted by molar-refractivity contribution is 7.89. The second kappa shape index (κ2) is 5.34. The molecule has 18 heavy (non-hydrogen) atoms. The number of nitrogens with one attached hydrogen (secondary N) is 2. The summed E-state index contributed by atoms with van der Waals surface area (Å²) in [4.78, 5) is 0.0988. The topological polar surface area (TPSA) is 58.2 Å². The van der Waals surface area contributed by atoms with E-state index in [9.17, 15) is 12.8 Å². The zero-order chi connectivity index (χ0) is 13.2. The molecular weight excluding hydrogens is 255 g/mol. The van der Waals surface area contributed by atoms with E-state index >= 15 is 0 Å². The van der Waals surface area contributed by atoms with Gasteiger partial charge in [-0.15, -0.1) is 0 Å². The third kappa shape index (κ3) is 3.07. The van der Waals surface area contributed by atoms with Crippen molar-refractivity contribution in [3.05, 3.63) is 30.1 Å². The first-order valence-corrected chi connectivity index (χ1v) is 7.46. The summed E-state index contributed by atoms with van der Waals surface area (Å²) < 4.78 is 39.6. The average Bonchev–Trinajstić information content (AvgIpc) is 2.32. The third-order valence-corrected chi connectivity index (χ3v) is 4.76. The first-order valence-electron chi connectivity index (χ1n) is 5.97. The standard InChI is InChI=1S/C12H17FN2O2S/c1-9-6-7-14-8-12(9)15-18(16,17)11-4-2-10(13)3-5-11/h2-5,9,12,14-15H,6-8H2,1H3. The molecule has 0 radical (unpaired) electrons. The van der Waals surface area contributed by atoms with Gasteiger partial charge in [-0.2, -0.15) is 0 Å². The molecule has 2 N–H and O–H groups in total. The summed E-state index contributed by atoms with van der Waals surface area (Å²) >= 11 is 0. The third-order valence-electron chi connectivity index (χ3n) is 3.26. The van der Waals surface area contributed by atoms with Gasteiger partial charge in [0.15, 0.2) is 0 Å². The maximum absolute atomic E-state index is 12.8. The van der Waals surface area contributed by atoms with Gasteiger partial charge in [-0.1, -0.05) is 6.92 Å². The number of sulfonamides is 1. The smallest absolute Gasteiger partial charge is 0.240 e. The molecule has 0 saturated carbocycles. The minimum atomic E-state index is -3.57. The Labute approximate surface area is 107 Å². The van der Waals surface area contributed by atoms with Gasteiger partial charge in [0.05, 0.1) is 4.90 Å². The van der Waals surface area contributed by atoms with E-state index in [1.54, 1.807) is 0 Å². The fraction of sp³-hybridized carbons (Fsp3) is 0.500. The van der Waals surface area contributed by atoms with Crippen LogP contribution in [0.2, 0.25) is 0 Å². The number of piperidine rings is 1. The van der Waals surface area contributed by atoms with Crippen molar-refractivity contribution in [1.82, 2.24) is 10.0 Å². The van der Waals surface area contributed by atoms with Gasteiger partial charge in [-0.3, -0.25) is 0 Å².